The van der Waals surface area contributed by atoms with Crippen molar-refractivity contribution in [1.29, 1.82) is 0 Å². The molecule has 1 aromatic carbocycles. The van der Waals surface area contributed by atoms with Crippen molar-refractivity contribution in [2.24, 2.45) is 0 Å². The second-order valence-electron chi connectivity index (χ2n) is 3.71. The molecule has 2 N–H and O–H groups in total. The molecular formula is C13H13F2N3S. The van der Waals surface area contributed by atoms with E-state index in [-0.39, 0.29) is 0 Å². The average molecular weight is 281 g/mol. The normalized spacial score (nSPS) is 10.5. The largest absolute Gasteiger partial charge is 0.387 e. The summed E-state index contributed by atoms with van der Waals surface area (Å²) in [6.07, 6.45) is 3.33. The molecule has 3 nitrogen and oxygen atoms in total. The average Bonchev–Trinajstić information content (AvgIpc) is 2.41. The third-order valence-corrected chi connectivity index (χ3v) is 3.20. The highest BCUT2D eigenvalue weighted by molar-refractivity contribution is 7.99. The fraction of sp³-hybridized carbons (Fsp3) is 0.154. The monoisotopic (exact) mass is 281 g/mol. The van der Waals surface area contributed by atoms with Gasteiger partial charge in [-0.3, -0.25) is 4.98 Å². The molecule has 0 bridgehead atoms. The first kappa shape index (κ1) is 13.6. The minimum absolute atomic E-state index is 0.507. The molecule has 0 spiro atoms. The lowest BCUT2D eigenvalue weighted by atomic mass is 10.3. The highest BCUT2D eigenvalue weighted by Crippen LogP contribution is 2.33. The Morgan fingerprint density at radius 3 is 2.63 bits per heavy atom. The number of anilines is 3. The van der Waals surface area contributed by atoms with Gasteiger partial charge in [0.2, 0.25) is 0 Å². The highest BCUT2D eigenvalue weighted by atomic mass is 32.2. The van der Waals surface area contributed by atoms with Gasteiger partial charge in [-0.1, -0.05) is 23.9 Å². The number of para-hydroxylation sites is 1. The van der Waals surface area contributed by atoms with Crippen LogP contribution in [0.3, 0.4) is 0 Å². The first-order valence-corrected chi connectivity index (χ1v) is 6.50. The zero-order valence-electron chi connectivity index (χ0n) is 10.2. The van der Waals surface area contributed by atoms with E-state index in [0.29, 0.717) is 22.3 Å². The Balaban J connectivity index is 2.22. The quantitative estimate of drug-likeness (QED) is 0.806. The Hall–Kier alpha value is -1.82. The SMILES string of the molecule is CNc1cncc(Nc2ccccc2SC(F)F)c1. The van der Waals surface area contributed by atoms with Gasteiger partial charge in [0.15, 0.2) is 0 Å². The van der Waals surface area contributed by atoms with Crippen molar-refractivity contribution in [1.82, 2.24) is 4.98 Å². The Morgan fingerprint density at radius 2 is 1.89 bits per heavy atom. The van der Waals surface area contributed by atoms with Crippen LogP contribution in [0.4, 0.5) is 25.8 Å². The molecule has 2 aromatic rings. The molecule has 1 aromatic heterocycles. The molecule has 19 heavy (non-hydrogen) atoms. The van der Waals surface area contributed by atoms with E-state index in [4.69, 9.17) is 0 Å². The van der Waals surface area contributed by atoms with E-state index in [1.165, 1.54) is 0 Å². The summed E-state index contributed by atoms with van der Waals surface area (Å²) in [5.41, 5.74) is 2.24. The van der Waals surface area contributed by atoms with Crippen LogP contribution in [-0.2, 0) is 0 Å². The van der Waals surface area contributed by atoms with E-state index in [0.717, 1.165) is 11.4 Å². The number of thioether (sulfide) groups is 1. The maximum absolute atomic E-state index is 12.5. The predicted octanol–water partition coefficient (Wildman–Crippen LogP) is 4.18. The van der Waals surface area contributed by atoms with E-state index in [9.17, 15) is 8.78 Å². The summed E-state index contributed by atoms with van der Waals surface area (Å²) in [5.74, 6) is -2.44. The fourth-order valence-electron chi connectivity index (χ4n) is 1.57. The van der Waals surface area contributed by atoms with Gasteiger partial charge in [-0.2, -0.15) is 8.78 Å². The van der Waals surface area contributed by atoms with Crippen molar-refractivity contribution >= 4 is 28.8 Å². The smallest absolute Gasteiger partial charge is 0.288 e. The van der Waals surface area contributed by atoms with E-state index in [1.807, 2.05) is 6.07 Å². The summed E-state index contributed by atoms with van der Waals surface area (Å²) < 4.78 is 24.9. The van der Waals surface area contributed by atoms with Crippen molar-refractivity contribution in [2.45, 2.75) is 10.7 Å². The summed E-state index contributed by atoms with van der Waals surface area (Å²) >= 11 is 0.522. The molecule has 0 aliphatic rings. The van der Waals surface area contributed by atoms with Crippen LogP contribution in [0.15, 0.2) is 47.6 Å². The number of halogens is 2. The number of rotatable bonds is 5. The maximum atomic E-state index is 12.5. The molecule has 0 atom stereocenters. The van der Waals surface area contributed by atoms with Crippen LogP contribution in [0.2, 0.25) is 0 Å². The van der Waals surface area contributed by atoms with Crippen LogP contribution in [-0.4, -0.2) is 17.8 Å². The van der Waals surface area contributed by atoms with Crippen molar-refractivity contribution < 1.29 is 8.78 Å². The number of hydrogen-bond donors (Lipinski definition) is 2. The van der Waals surface area contributed by atoms with Crippen molar-refractivity contribution in [3.8, 4) is 0 Å². The number of alkyl halides is 2. The van der Waals surface area contributed by atoms with Gasteiger partial charge in [-0.05, 0) is 18.2 Å². The van der Waals surface area contributed by atoms with Gasteiger partial charge in [-0.25, -0.2) is 0 Å². The molecular weight excluding hydrogens is 268 g/mol. The van der Waals surface area contributed by atoms with Crippen LogP contribution in [0, 0.1) is 0 Å². The Kier molecular flexibility index (Phi) is 4.57. The van der Waals surface area contributed by atoms with Gasteiger partial charge >= 0.3 is 0 Å². The summed E-state index contributed by atoms with van der Waals surface area (Å²) in [6.45, 7) is 0. The van der Waals surface area contributed by atoms with Crippen LogP contribution in [0.5, 0.6) is 0 Å². The molecule has 0 fully saturated rings. The van der Waals surface area contributed by atoms with Crippen molar-refractivity contribution in [3.05, 3.63) is 42.7 Å². The van der Waals surface area contributed by atoms with E-state index >= 15 is 0 Å². The molecule has 6 heteroatoms. The van der Waals surface area contributed by atoms with Gasteiger partial charge in [0.05, 0.1) is 29.5 Å². The van der Waals surface area contributed by atoms with Crippen LogP contribution in [0.1, 0.15) is 0 Å². The summed E-state index contributed by atoms with van der Waals surface area (Å²) in [4.78, 5) is 4.57. The third kappa shape index (κ3) is 3.82. The first-order valence-electron chi connectivity index (χ1n) is 5.62. The van der Waals surface area contributed by atoms with Crippen LogP contribution >= 0.6 is 11.8 Å². The molecule has 1 heterocycles. The summed E-state index contributed by atoms with van der Waals surface area (Å²) in [7, 11) is 1.79. The second kappa shape index (κ2) is 6.38. The van der Waals surface area contributed by atoms with Gasteiger partial charge in [0.25, 0.3) is 5.76 Å². The first-order chi connectivity index (χ1) is 9.19. The number of aromatic nitrogens is 1. The third-order valence-electron chi connectivity index (χ3n) is 2.41. The predicted molar refractivity (Wildman–Crippen MR) is 75.4 cm³/mol. The number of nitrogens with zero attached hydrogens (tertiary/aromatic N) is 1. The van der Waals surface area contributed by atoms with Gasteiger partial charge in [0.1, 0.15) is 0 Å². The number of pyridine rings is 1. The maximum Gasteiger partial charge on any atom is 0.288 e. The molecule has 0 amide bonds. The molecule has 0 saturated heterocycles. The minimum Gasteiger partial charge on any atom is -0.387 e. The Morgan fingerprint density at radius 1 is 1.16 bits per heavy atom. The number of nitrogens with one attached hydrogen (secondary N) is 2. The van der Waals surface area contributed by atoms with Crippen LogP contribution < -0.4 is 10.6 Å². The lowest BCUT2D eigenvalue weighted by Gasteiger charge is -2.11. The molecule has 0 unspecified atom stereocenters. The topological polar surface area (TPSA) is 37.0 Å². The Labute approximate surface area is 114 Å². The highest BCUT2D eigenvalue weighted by Gasteiger charge is 2.09. The van der Waals surface area contributed by atoms with Crippen LogP contribution in [0.25, 0.3) is 0 Å². The minimum atomic E-state index is -2.44. The van der Waals surface area contributed by atoms with E-state index in [1.54, 1.807) is 43.7 Å². The molecule has 0 aliphatic carbocycles. The van der Waals surface area contributed by atoms with Crippen molar-refractivity contribution in [3.63, 3.8) is 0 Å². The number of benzene rings is 1. The van der Waals surface area contributed by atoms with Gasteiger partial charge in [-0.15, -0.1) is 0 Å². The lowest BCUT2D eigenvalue weighted by Crippen LogP contribution is -1.96. The summed E-state index contributed by atoms with van der Waals surface area (Å²) in [5, 5.41) is 6.07. The Bertz CT molecular complexity index is 549. The van der Waals surface area contributed by atoms with Gasteiger partial charge < -0.3 is 10.6 Å². The fourth-order valence-corrected chi connectivity index (χ4v) is 2.16. The van der Waals surface area contributed by atoms with E-state index < -0.39 is 5.76 Å². The molecule has 0 radical (unpaired) electrons. The molecule has 2 rings (SSSR count). The van der Waals surface area contributed by atoms with Crippen molar-refractivity contribution in [2.75, 3.05) is 17.7 Å². The standard InChI is InChI=1S/C13H13F2N3S/c1-16-9-6-10(8-17-7-9)18-11-4-2-3-5-12(11)19-13(14)15/h2-8,13,16,18H,1H3. The second-order valence-corrected chi connectivity index (χ2v) is 4.74. The lowest BCUT2D eigenvalue weighted by molar-refractivity contribution is 0.252. The molecule has 0 aliphatic heterocycles. The molecule has 100 valence electrons. The summed E-state index contributed by atoms with van der Waals surface area (Å²) in [6, 6.07) is 8.81. The zero-order chi connectivity index (χ0) is 13.7. The van der Waals surface area contributed by atoms with E-state index in [2.05, 4.69) is 15.6 Å². The number of hydrogen-bond acceptors (Lipinski definition) is 4. The zero-order valence-corrected chi connectivity index (χ0v) is 11.0. The van der Waals surface area contributed by atoms with Gasteiger partial charge in [0, 0.05) is 11.9 Å². The molecule has 0 saturated carbocycles.